The molecule has 0 amide bonds. The number of hydrogen-bond donors (Lipinski definition) is 0. The minimum Gasteiger partial charge on any atom is -0.103 e. The molecule has 0 aromatic heterocycles. The van der Waals surface area contributed by atoms with Gasteiger partial charge < -0.3 is 0 Å². The van der Waals surface area contributed by atoms with E-state index < -0.39 is 0 Å². The summed E-state index contributed by atoms with van der Waals surface area (Å²) in [5.74, 6) is 0. The Bertz CT molecular complexity index is 138. The minimum absolute atomic E-state index is 1.02. The Kier molecular flexibility index (Phi) is 5.85. The molecule has 0 heterocycles. The van der Waals surface area contributed by atoms with E-state index in [1.807, 2.05) is 19.9 Å². The van der Waals surface area contributed by atoms with Crippen LogP contribution in [0.25, 0.3) is 0 Å². The van der Waals surface area contributed by atoms with Gasteiger partial charge in [-0.25, -0.2) is 0 Å². The molecule has 0 aromatic rings. The first-order chi connectivity index (χ1) is 4.93. The van der Waals surface area contributed by atoms with Gasteiger partial charge in [-0.3, -0.25) is 0 Å². The van der Waals surface area contributed by atoms with Crippen LogP contribution in [-0.4, -0.2) is 0 Å². The van der Waals surface area contributed by atoms with E-state index in [2.05, 4.69) is 24.8 Å². The van der Waals surface area contributed by atoms with E-state index in [-0.39, 0.29) is 0 Å². The van der Waals surface area contributed by atoms with E-state index in [0.717, 1.165) is 12.8 Å². The second kappa shape index (κ2) is 6.34. The molecule has 0 saturated heterocycles. The molecule has 0 heteroatoms. The molecule has 0 aliphatic heterocycles. The van der Waals surface area contributed by atoms with Crippen molar-refractivity contribution in [2.45, 2.75) is 26.7 Å². The molecule has 0 nitrogen and oxygen atoms in total. The zero-order valence-corrected chi connectivity index (χ0v) is 6.93. The van der Waals surface area contributed by atoms with Gasteiger partial charge in [-0.1, -0.05) is 38.2 Å². The van der Waals surface area contributed by atoms with Crippen molar-refractivity contribution in [2.24, 2.45) is 0 Å². The highest BCUT2D eigenvalue weighted by Crippen LogP contribution is 2.11. The van der Waals surface area contributed by atoms with Gasteiger partial charge in [0.2, 0.25) is 0 Å². The van der Waals surface area contributed by atoms with Crippen LogP contribution in [0.3, 0.4) is 0 Å². The zero-order chi connectivity index (χ0) is 7.82. The SMILES string of the molecule is C=CCC1=CCC=C1.CC. The topological polar surface area (TPSA) is 0 Å². The van der Waals surface area contributed by atoms with Gasteiger partial charge in [-0.05, 0) is 18.4 Å². The molecule has 1 aliphatic rings. The van der Waals surface area contributed by atoms with Gasteiger partial charge in [0.25, 0.3) is 0 Å². The summed E-state index contributed by atoms with van der Waals surface area (Å²) in [6.07, 6.45) is 10.6. The van der Waals surface area contributed by atoms with Crippen LogP contribution < -0.4 is 0 Å². The lowest BCUT2D eigenvalue weighted by atomic mass is 10.2. The van der Waals surface area contributed by atoms with Crippen molar-refractivity contribution in [1.82, 2.24) is 0 Å². The molecular weight excluding hydrogens is 120 g/mol. The molecule has 0 bridgehead atoms. The molecule has 1 aliphatic carbocycles. The van der Waals surface area contributed by atoms with E-state index in [0.29, 0.717) is 0 Å². The summed E-state index contributed by atoms with van der Waals surface area (Å²) in [5, 5.41) is 0. The molecule has 56 valence electrons. The fraction of sp³-hybridized carbons (Fsp3) is 0.400. The first-order valence-corrected chi connectivity index (χ1v) is 3.90. The van der Waals surface area contributed by atoms with Crippen LogP contribution in [0.4, 0.5) is 0 Å². The van der Waals surface area contributed by atoms with Gasteiger partial charge >= 0.3 is 0 Å². The summed E-state index contributed by atoms with van der Waals surface area (Å²) in [4.78, 5) is 0. The predicted molar refractivity (Wildman–Crippen MR) is 48.0 cm³/mol. The first-order valence-electron chi connectivity index (χ1n) is 3.90. The number of rotatable bonds is 2. The first kappa shape index (κ1) is 9.22. The van der Waals surface area contributed by atoms with Crippen LogP contribution in [-0.2, 0) is 0 Å². The van der Waals surface area contributed by atoms with Crippen molar-refractivity contribution in [3.05, 3.63) is 36.5 Å². The van der Waals surface area contributed by atoms with Crippen LogP contribution in [0.2, 0.25) is 0 Å². The highest BCUT2D eigenvalue weighted by atomic mass is 14.0. The van der Waals surface area contributed by atoms with Crippen LogP contribution >= 0.6 is 0 Å². The molecule has 1 rings (SSSR count). The molecular formula is C10H16. The van der Waals surface area contributed by atoms with Crippen molar-refractivity contribution >= 4 is 0 Å². The molecule has 0 unspecified atom stereocenters. The van der Waals surface area contributed by atoms with E-state index in [1.54, 1.807) is 0 Å². The summed E-state index contributed by atoms with van der Waals surface area (Å²) >= 11 is 0. The summed E-state index contributed by atoms with van der Waals surface area (Å²) in [5.41, 5.74) is 1.40. The van der Waals surface area contributed by atoms with Gasteiger partial charge in [0.15, 0.2) is 0 Å². The lowest BCUT2D eigenvalue weighted by molar-refractivity contribution is 1.29. The Hall–Kier alpha value is -0.780. The molecule has 0 spiro atoms. The molecule has 0 fully saturated rings. The Morgan fingerprint density at radius 3 is 2.70 bits per heavy atom. The van der Waals surface area contributed by atoms with Crippen molar-refractivity contribution < 1.29 is 0 Å². The highest BCUT2D eigenvalue weighted by molar-refractivity contribution is 5.27. The van der Waals surface area contributed by atoms with E-state index in [4.69, 9.17) is 0 Å². The third kappa shape index (κ3) is 3.29. The largest absolute Gasteiger partial charge is 0.103 e. The third-order valence-corrected chi connectivity index (χ3v) is 1.23. The average molecular weight is 136 g/mol. The zero-order valence-electron chi connectivity index (χ0n) is 6.93. The predicted octanol–water partition coefficient (Wildman–Crippen LogP) is 3.48. The van der Waals surface area contributed by atoms with Crippen molar-refractivity contribution in [3.63, 3.8) is 0 Å². The van der Waals surface area contributed by atoms with E-state index >= 15 is 0 Å². The molecule has 0 atom stereocenters. The fourth-order valence-corrected chi connectivity index (χ4v) is 0.825. The van der Waals surface area contributed by atoms with Crippen LogP contribution in [0.1, 0.15) is 26.7 Å². The number of hydrogen-bond acceptors (Lipinski definition) is 0. The molecule has 0 N–H and O–H groups in total. The molecule has 0 radical (unpaired) electrons. The summed E-state index contributed by atoms with van der Waals surface area (Å²) < 4.78 is 0. The Morgan fingerprint density at radius 2 is 2.30 bits per heavy atom. The normalized spacial score (nSPS) is 13.6. The molecule has 0 saturated carbocycles. The Balaban J connectivity index is 0.000000371. The van der Waals surface area contributed by atoms with Gasteiger partial charge in [-0.15, -0.1) is 6.58 Å². The van der Waals surface area contributed by atoms with Crippen LogP contribution in [0.15, 0.2) is 36.5 Å². The van der Waals surface area contributed by atoms with Crippen molar-refractivity contribution in [1.29, 1.82) is 0 Å². The molecule has 10 heavy (non-hydrogen) atoms. The van der Waals surface area contributed by atoms with Crippen molar-refractivity contribution in [3.8, 4) is 0 Å². The van der Waals surface area contributed by atoms with Crippen molar-refractivity contribution in [2.75, 3.05) is 0 Å². The minimum atomic E-state index is 1.02. The third-order valence-electron chi connectivity index (χ3n) is 1.23. The Labute approximate surface area is 64.0 Å². The van der Waals surface area contributed by atoms with Crippen LogP contribution in [0, 0.1) is 0 Å². The monoisotopic (exact) mass is 136 g/mol. The number of allylic oxidation sites excluding steroid dienone is 5. The lowest BCUT2D eigenvalue weighted by Crippen LogP contribution is -1.66. The summed E-state index contributed by atoms with van der Waals surface area (Å²) in [6, 6.07) is 0. The highest BCUT2D eigenvalue weighted by Gasteiger charge is 1.91. The fourth-order valence-electron chi connectivity index (χ4n) is 0.825. The van der Waals surface area contributed by atoms with E-state index in [9.17, 15) is 0 Å². The maximum atomic E-state index is 3.65. The van der Waals surface area contributed by atoms with Crippen LogP contribution in [0.5, 0.6) is 0 Å². The van der Waals surface area contributed by atoms with E-state index in [1.165, 1.54) is 5.57 Å². The second-order valence-corrected chi connectivity index (χ2v) is 1.91. The van der Waals surface area contributed by atoms with Gasteiger partial charge in [0.1, 0.15) is 0 Å². The molecule has 0 aromatic carbocycles. The maximum absolute atomic E-state index is 3.65. The summed E-state index contributed by atoms with van der Waals surface area (Å²) in [7, 11) is 0. The maximum Gasteiger partial charge on any atom is -0.0103 e. The standard InChI is InChI=1S/C8H10.C2H6/c1-2-5-8-6-3-4-7-8;1-2/h2-3,6-7H,1,4-5H2;1-2H3. The quantitative estimate of drug-likeness (QED) is 0.510. The smallest absolute Gasteiger partial charge is 0.0103 e. The summed E-state index contributed by atoms with van der Waals surface area (Å²) in [6.45, 7) is 7.65. The average Bonchev–Trinajstić information content (AvgIpc) is 2.46. The van der Waals surface area contributed by atoms with Gasteiger partial charge in [-0.2, -0.15) is 0 Å². The Morgan fingerprint density at radius 1 is 1.60 bits per heavy atom. The van der Waals surface area contributed by atoms with Gasteiger partial charge in [0.05, 0.1) is 0 Å². The van der Waals surface area contributed by atoms with Gasteiger partial charge in [0, 0.05) is 0 Å². The lowest BCUT2D eigenvalue weighted by Gasteiger charge is -1.86. The second-order valence-electron chi connectivity index (χ2n) is 1.91.